The number of aromatic nitrogens is 2. The lowest BCUT2D eigenvalue weighted by Gasteiger charge is -2.33. The molecule has 218 valence electrons. The normalized spacial score (nSPS) is 13.6. The van der Waals surface area contributed by atoms with Crippen LogP contribution in [0.4, 0.5) is 23.7 Å². The van der Waals surface area contributed by atoms with Crippen LogP contribution in [-0.2, 0) is 18.4 Å². The van der Waals surface area contributed by atoms with Gasteiger partial charge < -0.3 is 4.90 Å². The first-order valence-corrected chi connectivity index (χ1v) is 14.2. The van der Waals surface area contributed by atoms with Gasteiger partial charge in [0.15, 0.2) is 0 Å². The molecule has 0 spiro atoms. The molecule has 42 heavy (non-hydrogen) atoms. The number of fused-ring (bicyclic) bond motifs is 1. The number of aryl methyl sites for hydroxylation is 1. The summed E-state index contributed by atoms with van der Waals surface area (Å²) >= 11 is 1.80. The van der Waals surface area contributed by atoms with E-state index in [0.717, 1.165) is 33.5 Å². The number of hydrogen-bond donors (Lipinski definition) is 2. The van der Waals surface area contributed by atoms with Gasteiger partial charge in [-0.1, -0.05) is 36.4 Å². The minimum Gasteiger partial charge on any atom is -0.323 e. The summed E-state index contributed by atoms with van der Waals surface area (Å²) < 4.78 is 39.0. The Morgan fingerprint density at radius 3 is 2.26 bits per heavy atom. The van der Waals surface area contributed by atoms with E-state index in [4.69, 9.17) is 0 Å². The van der Waals surface area contributed by atoms with Crippen LogP contribution in [0, 0.1) is 0 Å². The molecule has 0 saturated carbocycles. The van der Waals surface area contributed by atoms with Gasteiger partial charge in [-0.3, -0.25) is 30.0 Å². The monoisotopic (exact) mass is 596 g/mol. The second kappa shape index (κ2) is 12.1. The highest BCUT2D eigenvalue weighted by atomic mass is 32.2. The first kappa shape index (κ1) is 29.0. The molecule has 1 aromatic heterocycles. The van der Waals surface area contributed by atoms with Crippen molar-refractivity contribution in [1.82, 2.24) is 25.5 Å². The number of carbonyl (C=O) groups excluding carboxylic acids is 3. The second-order valence-corrected chi connectivity index (χ2v) is 10.9. The Kier molecular flexibility index (Phi) is 8.39. The number of amides is 4. The number of alkyl halides is 3. The van der Waals surface area contributed by atoms with Gasteiger partial charge >= 0.3 is 18.1 Å². The summed E-state index contributed by atoms with van der Waals surface area (Å²) in [5.74, 6) is -1.48. The molecule has 0 unspecified atom stereocenters. The van der Waals surface area contributed by atoms with Crippen molar-refractivity contribution in [2.75, 3.05) is 29.5 Å². The van der Waals surface area contributed by atoms with E-state index in [1.54, 1.807) is 34.2 Å². The summed E-state index contributed by atoms with van der Waals surface area (Å²) in [5.41, 5.74) is 7.54. The SMILES string of the molecule is Cn1ncc2ccc(-c3ccc(N(Cc4ccc(C(=O)NNC(=O)C(F)(F)F)cc4)C(=O)N4CCSCC4)cc3)cc21. The first-order chi connectivity index (χ1) is 20.1. The van der Waals surface area contributed by atoms with Crippen LogP contribution in [-0.4, -0.2) is 63.3 Å². The van der Waals surface area contributed by atoms with Crippen molar-refractivity contribution in [2.45, 2.75) is 12.7 Å². The van der Waals surface area contributed by atoms with E-state index in [0.29, 0.717) is 24.3 Å². The molecule has 1 saturated heterocycles. The predicted molar refractivity (Wildman–Crippen MR) is 155 cm³/mol. The highest BCUT2D eigenvalue weighted by Crippen LogP contribution is 2.28. The molecule has 3 aromatic carbocycles. The Labute approximate surface area is 243 Å². The molecule has 5 rings (SSSR count). The van der Waals surface area contributed by atoms with Gasteiger partial charge in [0.05, 0.1) is 18.3 Å². The van der Waals surface area contributed by atoms with Gasteiger partial charge in [-0.25, -0.2) is 4.79 Å². The smallest absolute Gasteiger partial charge is 0.323 e. The zero-order chi connectivity index (χ0) is 29.9. The summed E-state index contributed by atoms with van der Waals surface area (Å²) in [6.07, 6.45) is -3.30. The Morgan fingerprint density at radius 2 is 1.60 bits per heavy atom. The number of thioether (sulfide) groups is 1. The fourth-order valence-corrected chi connectivity index (χ4v) is 5.46. The van der Waals surface area contributed by atoms with E-state index >= 15 is 0 Å². The maximum atomic E-state index is 13.7. The van der Waals surface area contributed by atoms with E-state index in [9.17, 15) is 27.6 Å². The predicted octanol–water partition coefficient (Wildman–Crippen LogP) is 4.74. The Balaban J connectivity index is 1.34. The van der Waals surface area contributed by atoms with Crippen LogP contribution in [0.5, 0.6) is 0 Å². The van der Waals surface area contributed by atoms with Crippen molar-refractivity contribution in [3.8, 4) is 11.1 Å². The lowest BCUT2D eigenvalue weighted by atomic mass is 10.0. The third kappa shape index (κ3) is 6.51. The molecular formula is C29H27F3N6O3S. The minimum atomic E-state index is -5.12. The molecule has 0 atom stereocenters. The number of benzene rings is 3. The van der Waals surface area contributed by atoms with Crippen LogP contribution >= 0.6 is 11.8 Å². The summed E-state index contributed by atoms with van der Waals surface area (Å²) in [6.45, 7) is 1.46. The van der Waals surface area contributed by atoms with Gasteiger partial charge in [-0.2, -0.15) is 30.0 Å². The van der Waals surface area contributed by atoms with Crippen LogP contribution in [0.25, 0.3) is 22.0 Å². The topological polar surface area (TPSA) is 99.6 Å². The van der Waals surface area contributed by atoms with E-state index in [1.165, 1.54) is 17.6 Å². The highest BCUT2D eigenvalue weighted by molar-refractivity contribution is 7.99. The number of carbonyl (C=O) groups is 3. The molecule has 1 aliphatic rings. The summed E-state index contributed by atoms with van der Waals surface area (Å²) in [4.78, 5) is 40.3. The Hall–Kier alpha value is -4.52. The molecule has 9 nitrogen and oxygen atoms in total. The van der Waals surface area contributed by atoms with E-state index < -0.39 is 18.0 Å². The number of urea groups is 1. The number of nitrogens with zero attached hydrogens (tertiary/aromatic N) is 4. The molecule has 0 aliphatic carbocycles. The highest BCUT2D eigenvalue weighted by Gasteiger charge is 2.39. The maximum absolute atomic E-state index is 13.7. The molecular weight excluding hydrogens is 569 g/mol. The lowest BCUT2D eigenvalue weighted by Crippen LogP contribution is -2.47. The van der Waals surface area contributed by atoms with E-state index in [1.807, 2.05) is 59.2 Å². The van der Waals surface area contributed by atoms with Crippen LogP contribution < -0.4 is 15.8 Å². The summed E-state index contributed by atoms with van der Waals surface area (Å²) in [6, 6.07) is 19.7. The fourth-order valence-electron chi connectivity index (χ4n) is 4.55. The third-order valence-electron chi connectivity index (χ3n) is 6.88. The number of anilines is 1. The summed E-state index contributed by atoms with van der Waals surface area (Å²) in [7, 11) is 1.89. The molecule has 0 radical (unpaired) electrons. The number of hydrazine groups is 1. The van der Waals surface area contributed by atoms with Gasteiger partial charge in [-0.15, -0.1) is 0 Å². The zero-order valence-electron chi connectivity index (χ0n) is 22.5. The van der Waals surface area contributed by atoms with Crippen molar-refractivity contribution < 1.29 is 27.6 Å². The number of halogens is 3. The van der Waals surface area contributed by atoms with Crippen LogP contribution in [0.2, 0.25) is 0 Å². The van der Waals surface area contributed by atoms with E-state index in [-0.39, 0.29) is 18.1 Å². The standard InChI is InChI=1S/C29H27F3N6O3S/c1-36-25-16-22(6-7-23(25)17-33-36)20-8-10-24(11-9-20)38(28(41)37-12-14-42-15-13-37)18-19-2-4-21(5-3-19)26(39)34-35-27(40)29(30,31)32/h2-11,16-17H,12-15,18H2,1H3,(H,34,39)(H,35,40). The molecule has 13 heteroatoms. The molecule has 4 amide bonds. The van der Waals surface area contributed by atoms with Crippen molar-refractivity contribution in [2.24, 2.45) is 7.05 Å². The molecule has 0 bridgehead atoms. The fraction of sp³-hybridized carbons (Fsp3) is 0.241. The average Bonchev–Trinajstić information content (AvgIpc) is 3.38. The first-order valence-electron chi connectivity index (χ1n) is 13.0. The van der Waals surface area contributed by atoms with Crippen molar-refractivity contribution in [3.63, 3.8) is 0 Å². The van der Waals surface area contributed by atoms with Crippen LogP contribution in [0.15, 0.2) is 72.9 Å². The lowest BCUT2D eigenvalue weighted by molar-refractivity contribution is -0.174. The molecule has 2 heterocycles. The number of hydrogen-bond acceptors (Lipinski definition) is 5. The molecule has 1 fully saturated rings. The molecule has 2 N–H and O–H groups in total. The largest absolute Gasteiger partial charge is 0.472 e. The Morgan fingerprint density at radius 1 is 0.929 bits per heavy atom. The van der Waals surface area contributed by atoms with E-state index in [2.05, 4.69) is 11.2 Å². The van der Waals surface area contributed by atoms with Gasteiger partial charge in [0.1, 0.15) is 0 Å². The number of nitrogens with one attached hydrogen (secondary N) is 2. The average molecular weight is 597 g/mol. The summed E-state index contributed by atoms with van der Waals surface area (Å²) in [5, 5.41) is 5.34. The maximum Gasteiger partial charge on any atom is 0.472 e. The van der Waals surface area contributed by atoms with Gasteiger partial charge in [0, 0.05) is 48.3 Å². The molecule has 4 aromatic rings. The zero-order valence-corrected chi connectivity index (χ0v) is 23.3. The van der Waals surface area contributed by atoms with Crippen LogP contribution in [0.3, 0.4) is 0 Å². The third-order valence-corrected chi connectivity index (χ3v) is 7.82. The second-order valence-electron chi connectivity index (χ2n) is 9.66. The number of rotatable bonds is 5. The van der Waals surface area contributed by atoms with Crippen molar-refractivity contribution in [3.05, 3.63) is 84.1 Å². The molecule has 1 aliphatic heterocycles. The van der Waals surface area contributed by atoms with Gasteiger partial charge in [0.25, 0.3) is 5.91 Å². The minimum absolute atomic E-state index is 0.0434. The van der Waals surface area contributed by atoms with Crippen LogP contribution in [0.1, 0.15) is 15.9 Å². The van der Waals surface area contributed by atoms with Gasteiger partial charge in [0.2, 0.25) is 0 Å². The Bertz CT molecular complexity index is 1600. The van der Waals surface area contributed by atoms with Gasteiger partial charge in [-0.05, 0) is 47.0 Å². The van der Waals surface area contributed by atoms with Crippen molar-refractivity contribution in [1.29, 1.82) is 0 Å². The quantitative estimate of drug-likeness (QED) is 0.325. The van der Waals surface area contributed by atoms with Crippen molar-refractivity contribution >= 4 is 46.2 Å².